The number of anilines is 1. The Morgan fingerprint density at radius 1 is 1.00 bits per heavy atom. The molecule has 0 radical (unpaired) electrons. The Balaban J connectivity index is 1.44. The molecule has 1 amide bonds. The van der Waals surface area contributed by atoms with Gasteiger partial charge in [0.05, 0.1) is 16.6 Å². The number of nitrogens with zero attached hydrogens (tertiary/aromatic N) is 3. The van der Waals surface area contributed by atoms with Crippen molar-refractivity contribution >= 4 is 17.3 Å². The van der Waals surface area contributed by atoms with Crippen LogP contribution in [0.3, 0.4) is 0 Å². The molecule has 3 aliphatic rings. The second-order valence-electron chi connectivity index (χ2n) is 9.13. The lowest BCUT2D eigenvalue weighted by molar-refractivity contribution is -0.386. The number of para-hydroxylation sites is 1. The van der Waals surface area contributed by atoms with Crippen molar-refractivity contribution in [3.63, 3.8) is 0 Å². The molecule has 2 aliphatic heterocycles. The van der Waals surface area contributed by atoms with Gasteiger partial charge in [0.2, 0.25) is 12.7 Å². The highest BCUT2D eigenvalue weighted by Crippen LogP contribution is 2.42. The zero-order valence-electron chi connectivity index (χ0n) is 19.2. The molecule has 5 rings (SSSR count). The van der Waals surface area contributed by atoms with Crippen molar-refractivity contribution in [2.24, 2.45) is 0 Å². The number of hydrogen-bond donors (Lipinski definition) is 1. The molecule has 1 saturated heterocycles. The molecule has 180 valence electrons. The molecule has 1 saturated carbocycles. The third kappa shape index (κ3) is 4.65. The number of benzene rings is 2. The molecule has 1 N–H and O–H groups in total. The number of carbonyl (C=O) groups excluding carboxylic acids is 1. The average molecular weight is 467 g/mol. The lowest BCUT2D eigenvalue weighted by Gasteiger charge is -2.40. The van der Waals surface area contributed by atoms with Crippen molar-refractivity contribution in [1.82, 2.24) is 10.2 Å². The first kappa shape index (κ1) is 22.5. The van der Waals surface area contributed by atoms with Gasteiger partial charge in [0.1, 0.15) is 6.04 Å². The van der Waals surface area contributed by atoms with Crippen molar-refractivity contribution < 1.29 is 19.2 Å². The minimum atomic E-state index is -0.769. The van der Waals surface area contributed by atoms with E-state index in [1.807, 2.05) is 18.2 Å². The number of piperazine rings is 1. The van der Waals surface area contributed by atoms with Crippen LogP contribution < -0.4 is 19.7 Å². The van der Waals surface area contributed by atoms with E-state index in [2.05, 4.69) is 27.2 Å². The maximum atomic E-state index is 13.7. The summed E-state index contributed by atoms with van der Waals surface area (Å²) in [6.07, 6.45) is 5.27. The summed E-state index contributed by atoms with van der Waals surface area (Å²) in [5, 5.41) is 15.2. The van der Waals surface area contributed by atoms with Crippen LogP contribution in [0.4, 0.5) is 11.4 Å². The van der Waals surface area contributed by atoms with E-state index in [1.165, 1.54) is 12.5 Å². The zero-order chi connectivity index (χ0) is 23.5. The van der Waals surface area contributed by atoms with Gasteiger partial charge < -0.3 is 19.7 Å². The van der Waals surface area contributed by atoms with Crippen LogP contribution >= 0.6 is 0 Å². The highest BCUT2D eigenvalue weighted by Gasteiger charge is 2.38. The van der Waals surface area contributed by atoms with Crippen LogP contribution in [-0.4, -0.2) is 54.7 Å². The van der Waals surface area contributed by atoms with Gasteiger partial charge in [-0.1, -0.05) is 37.5 Å². The predicted octanol–water partition coefficient (Wildman–Crippen LogP) is 3.64. The SMILES string of the molecule is O=C(NC1CCCCC1)[C@@H](c1cc2c(cc1[N+](=O)[O-])OCO2)N1CCN(c2ccccc2)CC1. The average Bonchev–Trinajstić information content (AvgIpc) is 3.33. The Labute approximate surface area is 198 Å². The first-order chi connectivity index (χ1) is 16.6. The smallest absolute Gasteiger partial charge is 0.278 e. The molecule has 0 bridgehead atoms. The molecule has 0 unspecified atom stereocenters. The van der Waals surface area contributed by atoms with Gasteiger partial charge in [-0.2, -0.15) is 0 Å². The summed E-state index contributed by atoms with van der Waals surface area (Å²) in [5.74, 6) is 0.608. The van der Waals surface area contributed by atoms with E-state index in [4.69, 9.17) is 9.47 Å². The summed E-state index contributed by atoms with van der Waals surface area (Å²) < 4.78 is 10.9. The van der Waals surface area contributed by atoms with Crippen LogP contribution in [0.25, 0.3) is 0 Å². The second kappa shape index (κ2) is 9.89. The summed E-state index contributed by atoms with van der Waals surface area (Å²) in [5.41, 5.74) is 1.38. The van der Waals surface area contributed by atoms with E-state index < -0.39 is 11.0 Å². The van der Waals surface area contributed by atoms with Gasteiger partial charge >= 0.3 is 0 Å². The van der Waals surface area contributed by atoms with Crippen LogP contribution in [0, 0.1) is 10.1 Å². The molecule has 1 aliphatic carbocycles. The largest absolute Gasteiger partial charge is 0.454 e. The van der Waals surface area contributed by atoms with Crippen molar-refractivity contribution in [3.8, 4) is 11.5 Å². The molecule has 2 fully saturated rings. The van der Waals surface area contributed by atoms with Crippen LogP contribution in [-0.2, 0) is 4.79 Å². The first-order valence-electron chi connectivity index (χ1n) is 12.0. The Morgan fingerprint density at radius 3 is 2.35 bits per heavy atom. The fourth-order valence-electron chi connectivity index (χ4n) is 5.23. The molecule has 0 spiro atoms. The number of nitro groups is 1. The third-order valence-electron chi connectivity index (χ3n) is 7.01. The number of hydrogen-bond acceptors (Lipinski definition) is 7. The Bertz CT molecular complexity index is 1030. The highest BCUT2D eigenvalue weighted by atomic mass is 16.7. The lowest BCUT2D eigenvalue weighted by atomic mass is 9.94. The summed E-state index contributed by atoms with van der Waals surface area (Å²) in [4.78, 5) is 29.6. The standard InChI is InChI=1S/C25H30N4O5/c30-25(26-18-7-3-1-4-8-18)24(20-15-22-23(34-17-33-22)16-21(20)29(31)32)28-13-11-27(12-14-28)19-9-5-2-6-10-19/h2,5-6,9-10,15-16,18,24H,1,3-4,7-8,11-14,17H2,(H,26,30)/t24-/m1/s1. The number of nitro benzene ring substituents is 1. The van der Waals surface area contributed by atoms with E-state index in [9.17, 15) is 14.9 Å². The van der Waals surface area contributed by atoms with Gasteiger partial charge in [0, 0.05) is 37.9 Å². The Kier molecular flexibility index (Phi) is 6.53. The molecule has 0 aromatic heterocycles. The number of ether oxygens (including phenoxy) is 2. The summed E-state index contributed by atoms with van der Waals surface area (Å²) >= 11 is 0. The molecule has 2 aromatic rings. The highest BCUT2D eigenvalue weighted by molar-refractivity contribution is 5.85. The number of carbonyl (C=O) groups is 1. The topological polar surface area (TPSA) is 97.2 Å². The third-order valence-corrected chi connectivity index (χ3v) is 7.01. The lowest BCUT2D eigenvalue weighted by Crippen LogP contribution is -2.52. The molecule has 9 nitrogen and oxygen atoms in total. The molecule has 1 atom stereocenters. The van der Waals surface area contributed by atoms with Crippen LogP contribution in [0.15, 0.2) is 42.5 Å². The number of fused-ring (bicyclic) bond motifs is 1. The van der Waals surface area contributed by atoms with Crippen molar-refractivity contribution in [1.29, 1.82) is 0 Å². The number of nitrogens with one attached hydrogen (secondary N) is 1. The molecular weight excluding hydrogens is 436 g/mol. The molecule has 9 heteroatoms. The van der Waals surface area contributed by atoms with Gasteiger partial charge in [-0.05, 0) is 31.0 Å². The van der Waals surface area contributed by atoms with Gasteiger partial charge in [-0.3, -0.25) is 19.8 Å². The number of amides is 1. The predicted molar refractivity (Wildman–Crippen MR) is 127 cm³/mol. The van der Waals surface area contributed by atoms with Gasteiger partial charge in [-0.15, -0.1) is 0 Å². The van der Waals surface area contributed by atoms with Gasteiger partial charge in [0.25, 0.3) is 5.69 Å². The van der Waals surface area contributed by atoms with Crippen LogP contribution in [0.5, 0.6) is 11.5 Å². The van der Waals surface area contributed by atoms with Crippen LogP contribution in [0.2, 0.25) is 0 Å². The van der Waals surface area contributed by atoms with Gasteiger partial charge in [-0.25, -0.2) is 0 Å². The molecule has 34 heavy (non-hydrogen) atoms. The minimum Gasteiger partial charge on any atom is -0.454 e. The van der Waals surface area contributed by atoms with E-state index in [0.717, 1.165) is 44.5 Å². The molecular formula is C25H30N4O5. The van der Waals surface area contributed by atoms with Crippen molar-refractivity contribution in [3.05, 3.63) is 58.1 Å². The summed E-state index contributed by atoms with van der Waals surface area (Å²) in [7, 11) is 0. The van der Waals surface area contributed by atoms with Crippen LogP contribution in [0.1, 0.15) is 43.7 Å². The fraction of sp³-hybridized carbons (Fsp3) is 0.480. The molecule has 2 heterocycles. The Morgan fingerprint density at radius 2 is 1.68 bits per heavy atom. The maximum Gasteiger partial charge on any atom is 0.278 e. The van der Waals surface area contributed by atoms with E-state index in [1.54, 1.807) is 6.07 Å². The molecule has 2 aromatic carbocycles. The normalized spacial score (nSPS) is 19.6. The summed E-state index contributed by atoms with van der Waals surface area (Å²) in [6.45, 7) is 2.71. The monoisotopic (exact) mass is 466 g/mol. The van der Waals surface area contributed by atoms with Crippen molar-refractivity contribution in [2.45, 2.75) is 44.2 Å². The fourth-order valence-corrected chi connectivity index (χ4v) is 5.23. The quantitative estimate of drug-likeness (QED) is 0.513. The Hall–Kier alpha value is -3.33. The maximum absolute atomic E-state index is 13.7. The van der Waals surface area contributed by atoms with E-state index in [0.29, 0.717) is 30.2 Å². The van der Waals surface area contributed by atoms with E-state index in [-0.39, 0.29) is 24.4 Å². The number of rotatable bonds is 6. The second-order valence-corrected chi connectivity index (χ2v) is 9.13. The zero-order valence-corrected chi connectivity index (χ0v) is 19.2. The van der Waals surface area contributed by atoms with Crippen molar-refractivity contribution in [2.75, 3.05) is 37.9 Å². The van der Waals surface area contributed by atoms with E-state index >= 15 is 0 Å². The first-order valence-corrected chi connectivity index (χ1v) is 12.0. The summed E-state index contributed by atoms with van der Waals surface area (Å²) in [6, 6.07) is 12.5. The van der Waals surface area contributed by atoms with Gasteiger partial charge in [0.15, 0.2) is 11.5 Å². The minimum absolute atomic E-state index is 0.0185.